The molecule has 4 N–H and O–H groups in total. The summed E-state index contributed by atoms with van der Waals surface area (Å²) in [6.07, 6.45) is 1.17. The van der Waals surface area contributed by atoms with Crippen molar-refractivity contribution in [3.8, 4) is 0 Å². The first-order valence-electron chi connectivity index (χ1n) is 7.40. The summed E-state index contributed by atoms with van der Waals surface area (Å²) in [6, 6.07) is 6.51. The van der Waals surface area contributed by atoms with Crippen LogP contribution in [0.3, 0.4) is 0 Å². The molecule has 1 aliphatic rings. The highest BCUT2D eigenvalue weighted by Crippen LogP contribution is 2.11. The molecule has 138 valence electrons. The van der Waals surface area contributed by atoms with Gasteiger partial charge in [0.1, 0.15) is 5.84 Å². The van der Waals surface area contributed by atoms with Crippen molar-refractivity contribution >= 4 is 27.7 Å². The predicted octanol–water partition coefficient (Wildman–Crippen LogP) is -0.221. The molecule has 1 saturated heterocycles. The molecule has 0 aromatic heterocycles. The Morgan fingerprint density at radius 2 is 1.48 bits per heavy atom. The highest BCUT2D eigenvalue weighted by molar-refractivity contribution is 7.88. The number of amides is 1. The normalized spacial score (nSPS) is 15.0. The van der Waals surface area contributed by atoms with Gasteiger partial charge in [-0.1, -0.05) is 12.1 Å². The number of carbonyl (C=O) groups excluding carboxylic acids is 1. The van der Waals surface area contributed by atoms with Crippen molar-refractivity contribution in [3.63, 3.8) is 0 Å². The Balaban J connectivity index is 0.000000705. The smallest absolute Gasteiger partial charge is 0.300 e. The first kappa shape index (κ1) is 20.6. The number of amidine groups is 1. The third-order valence-electron chi connectivity index (χ3n) is 3.44. The molecule has 1 aliphatic heterocycles. The lowest BCUT2D eigenvalue weighted by Crippen LogP contribution is -2.50. The van der Waals surface area contributed by atoms with E-state index in [-0.39, 0.29) is 11.7 Å². The van der Waals surface area contributed by atoms with Gasteiger partial charge in [0.2, 0.25) is 10.0 Å². The highest BCUT2D eigenvalue weighted by atomic mass is 32.2. The maximum atomic E-state index is 12.3. The summed E-state index contributed by atoms with van der Waals surface area (Å²) in [5.41, 5.74) is 6.43. The minimum Gasteiger partial charge on any atom is -0.481 e. The monoisotopic (exact) mass is 370 g/mol. The third kappa shape index (κ3) is 6.51. The van der Waals surface area contributed by atoms with Crippen LogP contribution >= 0.6 is 0 Å². The van der Waals surface area contributed by atoms with Gasteiger partial charge in [0, 0.05) is 44.2 Å². The van der Waals surface area contributed by atoms with Crippen molar-refractivity contribution in [2.24, 2.45) is 5.73 Å². The van der Waals surface area contributed by atoms with Crippen LogP contribution in [0, 0.1) is 5.41 Å². The number of aliphatic carboxylic acids is 1. The van der Waals surface area contributed by atoms with E-state index in [1.807, 2.05) is 0 Å². The molecular formula is C15H22N4O5S. The van der Waals surface area contributed by atoms with Gasteiger partial charge >= 0.3 is 0 Å². The van der Waals surface area contributed by atoms with Crippen LogP contribution in [0.15, 0.2) is 24.3 Å². The molecule has 25 heavy (non-hydrogen) atoms. The number of carboxylic acids is 1. The Morgan fingerprint density at radius 3 is 1.84 bits per heavy atom. The number of nitrogens with one attached hydrogen (secondary N) is 1. The second-order valence-electron chi connectivity index (χ2n) is 5.46. The fourth-order valence-corrected chi connectivity index (χ4v) is 3.02. The summed E-state index contributed by atoms with van der Waals surface area (Å²) in [7, 11) is -3.20. The number of benzene rings is 1. The van der Waals surface area contributed by atoms with E-state index >= 15 is 0 Å². The molecule has 9 nitrogen and oxygen atoms in total. The zero-order valence-electron chi connectivity index (χ0n) is 14.1. The lowest BCUT2D eigenvalue weighted by atomic mass is 10.1. The van der Waals surface area contributed by atoms with Gasteiger partial charge in [-0.2, -0.15) is 4.31 Å². The maximum Gasteiger partial charge on any atom is 0.300 e. The van der Waals surface area contributed by atoms with E-state index in [0.717, 1.165) is 6.92 Å². The SMILES string of the molecule is CC(=O)O.CS(=O)(=O)N1CCN(C(=O)c2ccc(C(=N)N)cc2)CC1. The number of nitrogens with zero attached hydrogens (tertiary/aromatic N) is 2. The molecule has 10 heteroatoms. The van der Waals surface area contributed by atoms with E-state index in [4.69, 9.17) is 21.0 Å². The molecule has 0 saturated carbocycles. The summed E-state index contributed by atoms with van der Waals surface area (Å²) < 4.78 is 24.2. The molecule has 1 aromatic carbocycles. The molecule has 0 bridgehead atoms. The lowest BCUT2D eigenvalue weighted by Gasteiger charge is -2.33. The van der Waals surface area contributed by atoms with E-state index in [1.165, 1.54) is 10.6 Å². The molecule has 2 rings (SSSR count). The molecule has 1 fully saturated rings. The Bertz CT molecular complexity index is 734. The van der Waals surface area contributed by atoms with Crippen molar-refractivity contribution < 1.29 is 23.1 Å². The minimum atomic E-state index is -3.20. The molecule has 1 aromatic rings. The number of carbonyl (C=O) groups is 2. The van der Waals surface area contributed by atoms with Gasteiger partial charge in [-0.05, 0) is 12.1 Å². The number of piperazine rings is 1. The number of nitrogens with two attached hydrogens (primary N) is 1. The molecule has 0 radical (unpaired) electrons. The molecular weight excluding hydrogens is 348 g/mol. The summed E-state index contributed by atoms with van der Waals surface area (Å²) in [5, 5.41) is 14.7. The molecule has 1 amide bonds. The molecule has 0 aliphatic carbocycles. The van der Waals surface area contributed by atoms with E-state index in [1.54, 1.807) is 29.2 Å². The summed E-state index contributed by atoms with van der Waals surface area (Å²) in [6.45, 7) is 2.47. The van der Waals surface area contributed by atoms with Crippen molar-refractivity contribution in [2.75, 3.05) is 32.4 Å². The Hall–Kier alpha value is -2.46. The average molecular weight is 370 g/mol. The van der Waals surface area contributed by atoms with Crippen LogP contribution in [-0.2, 0) is 14.8 Å². The van der Waals surface area contributed by atoms with E-state index in [2.05, 4.69) is 0 Å². The van der Waals surface area contributed by atoms with Gasteiger partial charge in [0.25, 0.3) is 11.9 Å². The van der Waals surface area contributed by atoms with Crippen LogP contribution in [0.5, 0.6) is 0 Å². The van der Waals surface area contributed by atoms with Crippen LogP contribution in [0.2, 0.25) is 0 Å². The quantitative estimate of drug-likeness (QED) is 0.495. The van der Waals surface area contributed by atoms with E-state index in [0.29, 0.717) is 37.3 Å². The fourth-order valence-electron chi connectivity index (χ4n) is 2.20. The molecule has 0 spiro atoms. The standard InChI is InChI=1S/C13H18N4O3S.C2H4O2/c1-21(19,20)17-8-6-16(7-9-17)13(18)11-4-2-10(3-5-11)12(14)15;1-2(3)4/h2-5H,6-9H2,1H3,(H3,14,15);1H3,(H,3,4). The second-order valence-corrected chi connectivity index (χ2v) is 7.45. The third-order valence-corrected chi connectivity index (χ3v) is 4.74. The summed E-state index contributed by atoms with van der Waals surface area (Å²) >= 11 is 0. The molecule has 1 heterocycles. The Kier molecular flexibility index (Phi) is 7.07. The zero-order chi connectivity index (χ0) is 19.2. The van der Waals surface area contributed by atoms with Crippen LogP contribution < -0.4 is 5.73 Å². The van der Waals surface area contributed by atoms with Crippen LogP contribution in [0.25, 0.3) is 0 Å². The first-order chi connectivity index (χ1) is 11.5. The van der Waals surface area contributed by atoms with Gasteiger partial charge in [0.15, 0.2) is 0 Å². The average Bonchev–Trinajstić information content (AvgIpc) is 2.53. The van der Waals surface area contributed by atoms with Crippen LogP contribution in [0.4, 0.5) is 0 Å². The topological polar surface area (TPSA) is 145 Å². The van der Waals surface area contributed by atoms with Gasteiger partial charge in [-0.3, -0.25) is 15.0 Å². The van der Waals surface area contributed by atoms with Crippen molar-refractivity contribution in [2.45, 2.75) is 6.92 Å². The van der Waals surface area contributed by atoms with Crippen LogP contribution in [-0.4, -0.2) is 72.9 Å². The summed E-state index contributed by atoms with van der Waals surface area (Å²) in [5.74, 6) is -1.02. The van der Waals surface area contributed by atoms with E-state index < -0.39 is 16.0 Å². The highest BCUT2D eigenvalue weighted by Gasteiger charge is 2.26. The predicted molar refractivity (Wildman–Crippen MR) is 93.1 cm³/mol. The number of hydrogen-bond acceptors (Lipinski definition) is 5. The largest absolute Gasteiger partial charge is 0.481 e. The van der Waals surface area contributed by atoms with Gasteiger partial charge in [-0.15, -0.1) is 0 Å². The van der Waals surface area contributed by atoms with E-state index in [9.17, 15) is 13.2 Å². The first-order valence-corrected chi connectivity index (χ1v) is 9.25. The van der Waals surface area contributed by atoms with Gasteiger partial charge in [-0.25, -0.2) is 8.42 Å². The minimum absolute atomic E-state index is 0.0456. The zero-order valence-corrected chi connectivity index (χ0v) is 14.9. The Morgan fingerprint density at radius 1 is 1.08 bits per heavy atom. The second kappa shape index (κ2) is 8.58. The van der Waals surface area contributed by atoms with Gasteiger partial charge < -0.3 is 15.7 Å². The molecule has 0 atom stereocenters. The maximum absolute atomic E-state index is 12.3. The number of sulfonamides is 1. The van der Waals surface area contributed by atoms with Crippen molar-refractivity contribution in [1.29, 1.82) is 5.41 Å². The van der Waals surface area contributed by atoms with Gasteiger partial charge in [0.05, 0.1) is 6.26 Å². The number of nitrogen functional groups attached to an aromatic ring is 1. The van der Waals surface area contributed by atoms with Crippen molar-refractivity contribution in [1.82, 2.24) is 9.21 Å². The summed E-state index contributed by atoms with van der Waals surface area (Å²) in [4.78, 5) is 22.9. The molecule has 0 unspecified atom stereocenters. The Labute approximate surface area is 146 Å². The van der Waals surface area contributed by atoms with Crippen molar-refractivity contribution in [3.05, 3.63) is 35.4 Å². The fraction of sp³-hybridized carbons (Fsp3) is 0.400. The lowest BCUT2D eigenvalue weighted by molar-refractivity contribution is -0.134. The number of carboxylic acid groups (broad SMARTS) is 1. The number of rotatable bonds is 3. The van der Waals surface area contributed by atoms with Crippen LogP contribution in [0.1, 0.15) is 22.8 Å². The number of hydrogen-bond donors (Lipinski definition) is 3.